The average molecular weight is 284 g/mol. The van der Waals surface area contributed by atoms with Gasteiger partial charge in [-0.3, -0.25) is 0 Å². The van der Waals surface area contributed by atoms with Crippen LogP contribution >= 0.6 is 22.6 Å². The smallest absolute Gasteiger partial charge is 0.164 e. The Bertz CT molecular complexity index is 387. The first kappa shape index (κ1) is 8.49. The summed E-state index contributed by atoms with van der Waals surface area (Å²) >= 11 is 2.15. The van der Waals surface area contributed by atoms with Crippen LogP contribution in [0.2, 0.25) is 0 Å². The molecule has 0 aliphatic carbocycles. The monoisotopic (exact) mass is 284 g/mol. The molecule has 0 radical (unpaired) electrons. The number of hydrogen-bond donors (Lipinski definition) is 0. The SMILES string of the molecule is Ic1ccc(-c2ncncn2)cn1. The molecule has 64 valence electrons. The van der Waals surface area contributed by atoms with Crippen molar-refractivity contribution in [1.29, 1.82) is 0 Å². The van der Waals surface area contributed by atoms with Crippen molar-refractivity contribution in [2.45, 2.75) is 0 Å². The van der Waals surface area contributed by atoms with Crippen LogP contribution in [-0.2, 0) is 0 Å². The van der Waals surface area contributed by atoms with Gasteiger partial charge in [0, 0.05) is 11.8 Å². The first-order chi connectivity index (χ1) is 6.36. The Morgan fingerprint density at radius 3 is 2.38 bits per heavy atom. The highest BCUT2D eigenvalue weighted by Gasteiger charge is 1.99. The minimum atomic E-state index is 0.652. The van der Waals surface area contributed by atoms with Gasteiger partial charge in [-0.05, 0) is 34.7 Å². The van der Waals surface area contributed by atoms with Crippen LogP contribution in [0.5, 0.6) is 0 Å². The number of pyridine rings is 1. The van der Waals surface area contributed by atoms with E-state index in [4.69, 9.17) is 0 Å². The van der Waals surface area contributed by atoms with E-state index >= 15 is 0 Å². The van der Waals surface area contributed by atoms with Gasteiger partial charge in [0.05, 0.1) is 0 Å². The normalized spacial score (nSPS) is 9.92. The Morgan fingerprint density at radius 1 is 1.00 bits per heavy atom. The minimum Gasteiger partial charge on any atom is -0.250 e. The van der Waals surface area contributed by atoms with Crippen molar-refractivity contribution in [1.82, 2.24) is 19.9 Å². The van der Waals surface area contributed by atoms with Gasteiger partial charge in [0.1, 0.15) is 16.4 Å². The Kier molecular flexibility index (Phi) is 2.44. The molecule has 2 heterocycles. The minimum absolute atomic E-state index is 0.652. The molecule has 0 spiro atoms. The summed E-state index contributed by atoms with van der Waals surface area (Å²) < 4.78 is 0.954. The van der Waals surface area contributed by atoms with Gasteiger partial charge in [-0.1, -0.05) is 0 Å². The topological polar surface area (TPSA) is 51.6 Å². The molecule has 2 aromatic heterocycles. The van der Waals surface area contributed by atoms with Crippen molar-refractivity contribution in [2.75, 3.05) is 0 Å². The molecule has 0 fully saturated rings. The molecule has 0 aromatic carbocycles. The van der Waals surface area contributed by atoms with Gasteiger partial charge in [-0.15, -0.1) is 0 Å². The van der Waals surface area contributed by atoms with Crippen LogP contribution in [0.25, 0.3) is 11.4 Å². The summed E-state index contributed by atoms with van der Waals surface area (Å²) in [5, 5.41) is 0. The van der Waals surface area contributed by atoms with Gasteiger partial charge in [0.25, 0.3) is 0 Å². The Morgan fingerprint density at radius 2 is 1.77 bits per heavy atom. The summed E-state index contributed by atoms with van der Waals surface area (Å²) in [6.45, 7) is 0. The van der Waals surface area contributed by atoms with Crippen molar-refractivity contribution >= 4 is 22.6 Å². The fraction of sp³-hybridized carbons (Fsp3) is 0. The average Bonchev–Trinajstić information content (AvgIpc) is 2.20. The highest BCUT2D eigenvalue weighted by Crippen LogP contribution is 2.12. The number of rotatable bonds is 1. The fourth-order valence-corrected chi connectivity index (χ4v) is 1.22. The molecule has 4 nitrogen and oxygen atoms in total. The maximum atomic E-state index is 4.14. The molecule has 2 aromatic rings. The lowest BCUT2D eigenvalue weighted by atomic mass is 10.3. The summed E-state index contributed by atoms with van der Waals surface area (Å²) in [7, 11) is 0. The summed E-state index contributed by atoms with van der Waals surface area (Å²) in [6.07, 6.45) is 4.69. The molecular weight excluding hydrogens is 279 g/mol. The predicted octanol–water partition coefficient (Wildman–Crippen LogP) is 1.54. The molecule has 5 heteroatoms. The molecule has 0 aliphatic heterocycles. The van der Waals surface area contributed by atoms with Crippen LogP contribution in [0.3, 0.4) is 0 Å². The second-order valence-electron chi connectivity index (χ2n) is 2.33. The van der Waals surface area contributed by atoms with E-state index in [1.165, 1.54) is 12.7 Å². The zero-order valence-electron chi connectivity index (χ0n) is 6.55. The zero-order chi connectivity index (χ0) is 9.10. The zero-order valence-corrected chi connectivity index (χ0v) is 8.71. The summed E-state index contributed by atoms with van der Waals surface area (Å²) in [5.74, 6) is 0.652. The van der Waals surface area contributed by atoms with Crippen LogP contribution in [0.4, 0.5) is 0 Å². The van der Waals surface area contributed by atoms with Gasteiger partial charge in [-0.25, -0.2) is 19.9 Å². The van der Waals surface area contributed by atoms with E-state index in [0.29, 0.717) is 5.82 Å². The lowest BCUT2D eigenvalue weighted by Crippen LogP contribution is -1.90. The van der Waals surface area contributed by atoms with Gasteiger partial charge in [0.2, 0.25) is 0 Å². The highest BCUT2D eigenvalue weighted by atomic mass is 127. The number of halogens is 1. The van der Waals surface area contributed by atoms with Crippen molar-refractivity contribution in [3.05, 3.63) is 34.7 Å². The van der Waals surface area contributed by atoms with Gasteiger partial charge < -0.3 is 0 Å². The summed E-state index contributed by atoms with van der Waals surface area (Å²) in [6, 6.07) is 3.85. The van der Waals surface area contributed by atoms with Crippen molar-refractivity contribution < 1.29 is 0 Å². The fourth-order valence-electron chi connectivity index (χ4n) is 0.896. The van der Waals surface area contributed by atoms with Crippen molar-refractivity contribution in [3.63, 3.8) is 0 Å². The standard InChI is InChI=1S/C8H5IN4/c9-7-2-1-6(3-11-7)8-12-4-10-5-13-8/h1-5H. The molecule has 0 atom stereocenters. The maximum Gasteiger partial charge on any atom is 0.164 e. The third-order valence-corrected chi connectivity index (χ3v) is 2.12. The van der Waals surface area contributed by atoms with E-state index in [0.717, 1.165) is 9.26 Å². The quantitative estimate of drug-likeness (QED) is 0.588. The summed E-state index contributed by atoms with van der Waals surface area (Å²) in [4.78, 5) is 15.9. The second kappa shape index (κ2) is 3.73. The largest absolute Gasteiger partial charge is 0.250 e. The molecule has 0 aliphatic rings. The van der Waals surface area contributed by atoms with E-state index in [1.807, 2.05) is 12.1 Å². The van der Waals surface area contributed by atoms with Crippen LogP contribution < -0.4 is 0 Å². The third-order valence-electron chi connectivity index (χ3n) is 1.48. The van der Waals surface area contributed by atoms with Crippen LogP contribution in [0.1, 0.15) is 0 Å². The lowest BCUT2D eigenvalue weighted by molar-refractivity contribution is 1.05. The molecule has 13 heavy (non-hydrogen) atoms. The van der Waals surface area contributed by atoms with E-state index in [1.54, 1.807) is 6.20 Å². The molecule has 0 saturated carbocycles. The Balaban J connectivity index is 2.42. The van der Waals surface area contributed by atoms with Crippen LogP contribution in [0.15, 0.2) is 31.0 Å². The molecule has 2 rings (SSSR count). The number of hydrogen-bond acceptors (Lipinski definition) is 4. The van der Waals surface area contributed by atoms with E-state index in [-0.39, 0.29) is 0 Å². The predicted molar refractivity (Wildman–Crippen MR) is 55.8 cm³/mol. The van der Waals surface area contributed by atoms with E-state index < -0.39 is 0 Å². The van der Waals surface area contributed by atoms with Crippen molar-refractivity contribution in [2.24, 2.45) is 0 Å². The summed E-state index contributed by atoms with van der Waals surface area (Å²) in [5.41, 5.74) is 0.905. The lowest BCUT2D eigenvalue weighted by Gasteiger charge is -1.96. The van der Waals surface area contributed by atoms with Crippen LogP contribution in [0, 0.1) is 3.70 Å². The van der Waals surface area contributed by atoms with Gasteiger partial charge >= 0.3 is 0 Å². The first-order valence-corrected chi connectivity index (χ1v) is 4.68. The number of aromatic nitrogens is 4. The molecule has 0 bridgehead atoms. The van der Waals surface area contributed by atoms with E-state index in [9.17, 15) is 0 Å². The molecule has 0 saturated heterocycles. The van der Waals surface area contributed by atoms with Crippen LogP contribution in [-0.4, -0.2) is 19.9 Å². The van der Waals surface area contributed by atoms with Gasteiger partial charge in [-0.2, -0.15) is 0 Å². The molecule has 0 N–H and O–H groups in total. The molecule has 0 unspecified atom stereocenters. The van der Waals surface area contributed by atoms with E-state index in [2.05, 4.69) is 42.5 Å². The number of nitrogens with zero attached hydrogens (tertiary/aromatic N) is 4. The second-order valence-corrected chi connectivity index (χ2v) is 3.44. The Labute approximate surface area is 88.6 Å². The highest BCUT2D eigenvalue weighted by molar-refractivity contribution is 14.1. The molecular formula is C8H5IN4. The Hall–Kier alpha value is -1.11. The first-order valence-electron chi connectivity index (χ1n) is 3.60. The third kappa shape index (κ3) is 1.97. The molecule has 0 amide bonds. The van der Waals surface area contributed by atoms with Crippen molar-refractivity contribution in [3.8, 4) is 11.4 Å². The maximum absolute atomic E-state index is 4.14. The van der Waals surface area contributed by atoms with Gasteiger partial charge in [0.15, 0.2) is 5.82 Å².